The summed E-state index contributed by atoms with van der Waals surface area (Å²) < 4.78 is 11.2. The molecule has 0 saturated heterocycles. The first-order valence-corrected chi connectivity index (χ1v) is 6.69. The molecule has 2 aromatic rings. The molecule has 0 amide bonds. The highest BCUT2D eigenvalue weighted by molar-refractivity contribution is 5.99. The lowest BCUT2D eigenvalue weighted by molar-refractivity contribution is -0.138. The Hall–Kier alpha value is -2.83. The van der Waals surface area contributed by atoms with Gasteiger partial charge in [0.05, 0.1) is 37.7 Å². The first-order chi connectivity index (χ1) is 10.6. The van der Waals surface area contributed by atoms with Crippen molar-refractivity contribution in [2.45, 2.75) is 13.5 Å². The molecule has 2 rings (SSSR count). The number of rotatable bonds is 5. The molecule has 0 radical (unpaired) electrons. The molecule has 0 aliphatic rings. The number of anilines is 1. The number of carbonyl (C=O) groups excluding carboxylic acids is 2. The number of fused-ring (bicyclic) bond motifs is 1. The van der Waals surface area contributed by atoms with Crippen LogP contribution in [0.1, 0.15) is 6.92 Å². The number of hydrogen-bond donors (Lipinski definition) is 1. The average molecular weight is 303 g/mol. The van der Waals surface area contributed by atoms with E-state index in [9.17, 15) is 9.59 Å². The normalized spacial score (nSPS) is 11.3. The summed E-state index contributed by atoms with van der Waals surface area (Å²) in [5.74, 6) is -1.31. The number of imidazole rings is 1. The molecule has 0 saturated carbocycles. The summed E-state index contributed by atoms with van der Waals surface area (Å²) in [5, 5.41) is 2.85. The molecule has 0 atom stereocenters. The number of esters is 2. The van der Waals surface area contributed by atoms with Gasteiger partial charge in [0.25, 0.3) is 0 Å². The summed E-state index contributed by atoms with van der Waals surface area (Å²) in [6.45, 7) is 2.85. The highest BCUT2D eigenvalue weighted by Gasteiger charge is 2.13. The minimum absolute atomic E-state index is 0.0105. The van der Waals surface area contributed by atoms with E-state index in [1.54, 1.807) is 18.5 Å². The summed E-state index contributed by atoms with van der Waals surface area (Å²) in [6.07, 6.45) is 2.79. The number of benzene rings is 1. The summed E-state index contributed by atoms with van der Waals surface area (Å²) >= 11 is 0. The Morgan fingerprint density at radius 2 is 2.09 bits per heavy atom. The van der Waals surface area contributed by atoms with Gasteiger partial charge in [-0.3, -0.25) is 0 Å². The molecular weight excluding hydrogens is 286 g/mol. The van der Waals surface area contributed by atoms with Crippen molar-refractivity contribution in [1.29, 1.82) is 0 Å². The number of ether oxygens (including phenoxy) is 2. The molecule has 1 aromatic heterocycles. The molecule has 7 heteroatoms. The largest absolute Gasteiger partial charge is 0.466 e. The third-order valence-electron chi connectivity index (χ3n) is 3.11. The lowest BCUT2D eigenvalue weighted by atomic mass is 10.2. The smallest absolute Gasteiger partial charge is 0.354 e. The Balaban J connectivity index is 2.31. The third kappa shape index (κ3) is 3.25. The van der Waals surface area contributed by atoms with Crippen LogP contribution in [-0.2, 0) is 25.6 Å². The van der Waals surface area contributed by atoms with Crippen LogP contribution in [-0.4, -0.2) is 35.7 Å². The molecule has 1 aromatic carbocycles. The molecule has 0 aliphatic carbocycles. The minimum atomic E-state index is -0.662. The Morgan fingerprint density at radius 3 is 2.73 bits per heavy atom. The van der Waals surface area contributed by atoms with E-state index in [2.05, 4.69) is 19.8 Å². The van der Waals surface area contributed by atoms with E-state index in [0.717, 1.165) is 23.7 Å². The second kappa shape index (κ2) is 6.75. The van der Waals surface area contributed by atoms with Crippen LogP contribution in [0, 0.1) is 0 Å². The molecule has 0 fully saturated rings. The maximum Gasteiger partial charge on any atom is 0.354 e. The second-order valence-electron chi connectivity index (χ2n) is 4.43. The maximum absolute atomic E-state index is 11.7. The molecule has 22 heavy (non-hydrogen) atoms. The molecular formula is C15H17N3O4. The first kappa shape index (κ1) is 15.6. The zero-order valence-corrected chi connectivity index (χ0v) is 12.6. The molecule has 1 N–H and O–H groups in total. The zero-order valence-electron chi connectivity index (χ0n) is 12.6. The van der Waals surface area contributed by atoms with Crippen LogP contribution >= 0.6 is 0 Å². The molecule has 0 spiro atoms. The molecule has 0 unspecified atom stereocenters. The van der Waals surface area contributed by atoms with E-state index < -0.39 is 11.9 Å². The Bertz CT molecular complexity index is 733. The van der Waals surface area contributed by atoms with Crippen molar-refractivity contribution in [1.82, 2.24) is 9.55 Å². The minimum Gasteiger partial charge on any atom is -0.466 e. The van der Waals surface area contributed by atoms with Crippen LogP contribution in [0.2, 0.25) is 0 Å². The van der Waals surface area contributed by atoms with Gasteiger partial charge in [0, 0.05) is 12.2 Å². The fourth-order valence-electron chi connectivity index (χ4n) is 1.98. The van der Waals surface area contributed by atoms with Crippen molar-refractivity contribution < 1.29 is 19.1 Å². The Morgan fingerprint density at radius 1 is 1.32 bits per heavy atom. The number of methoxy groups -OCH3 is 2. The third-order valence-corrected chi connectivity index (χ3v) is 3.11. The molecule has 7 nitrogen and oxygen atoms in total. The number of carbonyl (C=O) groups is 2. The van der Waals surface area contributed by atoms with Gasteiger partial charge >= 0.3 is 11.9 Å². The van der Waals surface area contributed by atoms with Gasteiger partial charge in [0.15, 0.2) is 0 Å². The SMILES string of the molecule is CCn1cnc2cc(N/C(=C/C(=O)OC)C(=O)OC)ccc21. The summed E-state index contributed by atoms with van der Waals surface area (Å²) in [4.78, 5) is 27.3. The van der Waals surface area contributed by atoms with Crippen molar-refractivity contribution in [3.05, 3.63) is 36.3 Å². The molecule has 0 aliphatic heterocycles. The summed E-state index contributed by atoms with van der Waals surface area (Å²) in [5.41, 5.74) is 2.39. The first-order valence-electron chi connectivity index (χ1n) is 6.69. The van der Waals surface area contributed by atoms with Crippen molar-refractivity contribution >= 4 is 28.7 Å². The quantitative estimate of drug-likeness (QED) is 0.668. The van der Waals surface area contributed by atoms with Crippen molar-refractivity contribution in [3.63, 3.8) is 0 Å². The fourth-order valence-corrected chi connectivity index (χ4v) is 1.98. The summed E-state index contributed by atoms with van der Waals surface area (Å²) in [7, 11) is 2.47. The average Bonchev–Trinajstić information content (AvgIpc) is 2.95. The standard InChI is InChI=1S/C15H17N3O4/c1-4-18-9-16-11-7-10(5-6-13(11)18)17-12(15(20)22-3)8-14(19)21-2/h5-9,17H,4H2,1-3H3/b12-8+. The van der Waals surface area contributed by atoms with E-state index in [-0.39, 0.29) is 5.70 Å². The van der Waals surface area contributed by atoms with Crippen LogP contribution in [0.5, 0.6) is 0 Å². The van der Waals surface area contributed by atoms with Gasteiger partial charge in [-0.2, -0.15) is 0 Å². The van der Waals surface area contributed by atoms with Gasteiger partial charge in [0.1, 0.15) is 5.70 Å². The Labute approximate surface area is 127 Å². The number of aromatic nitrogens is 2. The van der Waals surface area contributed by atoms with Crippen molar-refractivity contribution in [2.75, 3.05) is 19.5 Å². The van der Waals surface area contributed by atoms with Crippen molar-refractivity contribution in [2.24, 2.45) is 0 Å². The van der Waals surface area contributed by atoms with Crippen LogP contribution in [0.4, 0.5) is 5.69 Å². The molecule has 116 valence electrons. The van der Waals surface area contributed by atoms with E-state index in [4.69, 9.17) is 0 Å². The van der Waals surface area contributed by atoms with Gasteiger partial charge in [-0.1, -0.05) is 0 Å². The van der Waals surface area contributed by atoms with Gasteiger partial charge < -0.3 is 19.4 Å². The fraction of sp³-hybridized carbons (Fsp3) is 0.267. The van der Waals surface area contributed by atoms with Gasteiger partial charge in [-0.15, -0.1) is 0 Å². The summed E-state index contributed by atoms with van der Waals surface area (Å²) in [6, 6.07) is 5.47. The van der Waals surface area contributed by atoms with E-state index >= 15 is 0 Å². The maximum atomic E-state index is 11.7. The van der Waals surface area contributed by atoms with Crippen LogP contribution in [0.15, 0.2) is 36.3 Å². The highest BCUT2D eigenvalue weighted by Crippen LogP contribution is 2.19. The number of nitrogens with zero attached hydrogens (tertiary/aromatic N) is 2. The second-order valence-corrected chi connectivity index (χ2v) is 4.43. The van der Waals surface area contributed by atoms with E-state index in [1.165, 1.54) is 14.2 Å². The van der Waals surface area contributed by atoms with Crippen LogP contribution in [0.25, 0.3) is 11.0 Å². The van der Waals surface area contributed by atoms with E-state index in [1.807, 2.05) is 17.6 Å². The Kier molecular flexibility index (Phi) is 4.77. The lowest BCUT2D eigenvalue weighted by Gasteiger charge is -2.09. The highest BCUT2D eigenvalue weighted by atomic mass is 16.5. The predicted octanol–water partition coefficient (Wildman–Crippen LogP) is 1.70. The predicted molar refractivity (Wildman–Crippen MR) is 81.1 cm³/mol. The van der Waals surface area contributed by atoms with E-state index in [0.29, 0.717) is 5.69 Å². The zero-order chi connectivity index (χ0) is 16.1. The monoisotopic (exact) mass is 303 g/mol. The van der Waals surface area contributed by atoms with Crippen LogP contribution < -0.4 is 5.32 Å². The van der Waals surface area contributed by atoms with Gasteiger partial charge in [-0.05, 0) is 25.1 Å². The van der Waals surface area contributed by atoms with Gasteiger partial charge in [0.2, 0.25) is 0 Å². The molecule has 1 heterocycles. The van der Waals surface area contributed by atoms with Crippen LogP contribution in [0.3, 0.4) is 0 Å². The van der Waals surface area contributed by atoms with Crippen molar-refractivity contribution in [3.8, 4) is 0 Å². The number of nitrogens with one attached hydrogen (secondary N) is 1. The lowest BCUT2D eigenvalue weighted by Crippen LogP contribution is -2.15. The topological polar surface area (TPSA) is 82.5 Å². The number of aryl methyl sites for hydroxylation is 1. The molecule has 0 bridgehead atoms. The van der Waals surface area contributed by atoms with Gasteiger partial charge in [-0.25, -0.2) is 14.6 Å². The number of hydrogen-bond acceptors (Lipinski definition) is 6.